The molecule has 2 aliphatic rings. The number of aliphatic hydroxyl groups excluding tert-OH is 1. The molecule has 16 heavy (non-hydrogen) atoms. The Hall–Kier alpha value is -0.170. The molecule has 2 rings (SSSR count). The molecule has 0 amide bonds. The molecule has 2 heterocycles. The normalized spacial score (nSPS) is 36.1. The summed E-state index contributed by atoms with van der Waals surface area (Å²) in [7, 11) is -2.81. The van der Waals surface area contributed by atoms with Gasteiger partial charge in [-0.2, -0.15) is 0 Å². The van der Waals surface area contributed by atoms with Gasteiger partial charge in [0.2, 0.25) is 0 Å². The average molecular weight is 249 g/mol. The Kier molecular flexibility index (Phi) is 3.84. The minimum Gasteiger partial charge on any atom is -0.393 e. The van der Waals surface area contributed by atoms with E-state index in [-0.39, 0.29) is 23.5 Å². The van der Waals surface area contributed by atoms with Crippen LogP contribution in [0.4, 0.5) is 0 Å². The standard InChI is InChI=1S/C10H19NO4S/c12-10-1-4-15-8-9(10)7-11-2-5-16(13,14)6-3-11/h9-10,12H,1-8H2. The molecule has 0 spiro atoms. The zero-order chi connectivity index (χ0) is 11.6. The second-order valence-electron chi connectivity index (χ2n) is 4.64. The fourth-order valence-electron chi connectivity index (χ4n) is 2.22. The number of nitrogens with zero attached hydrogens (tertiary/aromatic N) is 1. The highest BCUT2D eigenvalue weighted by Gasteiger charge is 2.28. The van der Waals surface area contributed by atoms with Crippen molar-refractivity contribution in [2.75, 3.05) is 44.4 Å². The molecule has 0 aromatic carbocycles. The molecule has 2 fully saturated rings. The van der Waals surface area contributed by atoms with Gasteiger partial charge in [-0.1, -0.05) is 0 Å². The fraction of sp³-hybridized carbons (Fsp3) is 1.00. The second kappa shape index (κ2) is 5.00. The minimum atomic E-state index is -2.81. The van der Waals surface area contributed by atoms with Gasteiger partial charge in [-0.3, -0.25) is 0 Å². The van der Waals surface area contributed by atoms with Gasteiger partial charge in [0.1, 0.15) is 0 Å². The fourth-order valence-corrected chi connectivity index (χ4v) is 3.50. The Morgan fingerprint density at radius 3 is 2.62 bits per heavy atom. The monoisotopic (exact) mass is 249 g/mol. The summed E-state index contributed by atoms with van der Waals surface area (Å²) >= 11 is 0. The molecule has 2 unspecified atom stereocenters. The molecule has 94 valence electrons. The van der Waals surface area contributed by atoms with Gasteiger partial charge in [-0.25, -0.2) is 8.42 Å². The van der Waals surface area contributed by atoms with E-state index in [0.29, 0.717) is 32.7 Å². The second-order valence-corrected chi connectivity index (χ2v) is 6.95. The van der Waals surface area contributed by atoms with Crippen LogP contribution in [-0.4, -0.2) is 68.9 Å². The first-order valence-electron chi connectivity index (χ1n) is 5.75. The molecule has 0 bridgehead atoms. The van der Waals surface area contributed by atoms with Gasteiger partial charge in [-0.05, 0) is 6.42 Å². The van der Waals surface area contributed by atoms with Gasteiger partial charge in [0.05, 0.1) is 24.2 Å². The lowest BCUT2D eigenvalue weighted by Crippen LogP contribution is -2.46. The summed E-state index contributed by atoms with van der Waals surface area (Å²) in [5, 5.41) is 9.78. The van der Waals surface area contributed by atoms with E-state index >= 15 is 0 Å². The van der Waals surface area contributed by atoms with E-state index in [4.69, 9.17) is 4.74 Å². The van der Waals surface area contributed by atoms with Crippen molar-refractivity contribution in [3.05, 3.63) is 0 Å². The van der Waals surface area contributed by atoms with E-state index in [0.717, 1.165) is 6.54 Å². The van der Waals surface area contributed by atoms with Crippen LogP contribution in [0.1, 0.15) is 6.42 Å². The molecule has 0 aliphatic carbocycles. The molecule has 2 saturated heterocycles. The molecule has 1 N–H and O–H groups in total. The zero-order valence-corrected chi connectivity index (χ0v) is 10.2. The van der Waals surface area contributed by atoms with Crippen molar-refractivity contribution in [3.8, 4) is 0 Å². The number of ether oxygens (including phenoxy) is 1. The van der Waals surface area contributed by atoms with E-state index in [1.807, 2.05) is 0 Å². The first-order chi connectivity index (χ1) is 7.57. The minimum absolute atomic E-state index is 0.134. The summed E-state index contributed by atoms with van der Waals surface area (Å²) in [6.45, 7) is 3.14. The van der Waals surface area contributed by atoms with Gasteiger partial charge in [0.15, 0.2) is 9.84 Å². The molecule has 6 heteroatoms. The van der Waals surface area contributed by atoms with Crippen LogP contribution >= 0.6 is 0 Å². The molecule has 0 saturated carbocycles. The Balaban J connectivity index is 1.82. The van der Waals surface area contributed by atoms with E-state index in [1.165, 1.54) is 0 Å². The molecule has 0 radical (unpaired) electrons. The largest absolute Gasteiger partial charge is 0.393 e. The van der Waals surface area contributed by atoms with Crippen molar-refractivity contribution < 1.29 is 18.3 Å². The summed E-state index contributed by atoms with van der Waals surface area (Å²) < 4.78 is 27.8. The number of aliphatic hydroxyl groups is 1. The van der Waals surface area contributed by atoms with Crippen LogP contribution in [0.25, 0.3) is 0 Å². The van der Waals surface area contributed by atoms with Crippen molar-refractivity contribution in [1.29, 1.82) is 0 Å². The molecule has 2 atom stereocenters. The number of hydrogen-bond donors (Lipinski definition) is 1. The maximum Gasteiger partial charge on any atom is 0.152 e. The first kappa shape index (κ1) is 12.3. The molecule has 0 aromatic heterocycles. The summed E-state index contributed by atoms with van der Waals surface area (Å²) in [6, 6.07) is 0. The van der Waals surface area contributed by atoms with E-state index in [2.05, 4.69) is 4.90 Å². The first-order valence-corrected chi connectivity index (χ1v) is 7.57. The van der Waals surface area contributed by atoms with Gasteiger partial charge in [0, 0.05) is 32.2 Å². The predicted octanol–water partition coefficient (Wildman–Crippen LogP) is -0.886. The van der Waals surface area contributed by atoms with Crippen molar-refractivity contribution in [1.82, 2.24) is 4.90 Å². The Morgan fingerprint density at radius 2 is 2.00 bits per heavy atom. The number of sulfone groups is 1. The third-order valence-corrected chi connectivity index (χ3v) is 4.97. The average Bonchev–Trinajstić information content (AvgIpc) is 2.24. The van der Waals surface area contributed by atoms with Crippen molar-refractivity contribution in [2.45, 2.75) is 12.5 Å². The summed E-state index contributed by atoms with van der Waals surface area (Å²) in [6.07, 6.45) is 0.392. The lowest BCUT2D eigenvalue weighted by Gasteiger charge is -2.34. The van der Waals surface area contributed by atoms with E-state index < -0.39 is 9.84 Å². The highest BCUT2D eigenvalue weighted by Crippen LogP contribution is 2.17. The molecular weight excluding hydrogens is 230 g/mol. The third-order valence-electron chi connectivity index (χ3n) is 3.36. The predicted molar refractivity (Wildman–Crippen MR) is 60.0 cm³/mol. The van der Waals surface area contributed by atoms with E-state index in [1.54, 1.807) is 0 Å². The van der Waals surface area contributed by atoms with Crippen LogP contribution in [0.2, 0.25) is 0 Å². The van der Waals surface area contributed by atoms with Gasteiger partial charge in [-0.15, -0.1) is 0 Å². The molecule has 5 nitrogen and oxygen atoms in total. The molecular formula is C10H19NO4S. The van der Waals surface area contributed by atoms with Crippen molar-refractivity contribution in [3.63, 3.8) is 0 Å². The van der Waals surface area contributed by atoms with Gasteiger partial charge >= 0.3 is 0 Å². The Morgan fingerprint density at radius 1 is 1.31 bits per heavy atom. The number of rotatable bonds is 2. The maximum absolute atomic E-state index is 11.3. The van der Waals surface area contributed by atoms with Crippen LogP contribution in [-0.2, 0) is 14.6 Å². The van der Waals surface area contributed by atoms with Crippen molar-refractivity contribution >= 4 is 9.84 Å². The Labute approximate surface area is 96.3 Å². The topological polar surface area (TPSA) is 66.8 Å². The van der Waals surface area contributed by atoms with Gasteiger partial charge < -0.3 is 14.7 Å². The quantitative estimate of drug-likeness (QED) is 0.688. The van der Waals surface area contributed by atoms with Crippen molar-refractivity contribution in [2.24, 2.45) is 5.92 Å². The summed E-state index contributed by atoms with van der Waals surface area (Å²) in [5.41, 5.74) is 0. The highest BCUT2D eigenvalue weighted by molar-refractivity contribution is 7.91. The highest BCUT2D eigenvalue weighted by atomic mass is 32.2. The third kappa shape index (κ3) is 3.16. The van der Waals surface area contributed by atoms with Gasteiger partial charge in [0.25, 0.3) is 0 Å². The molecule has 2 aliphatic heterocycles. The zero-order valence-electron chi connectivity index (χ0n) is 9.34. The molecule has 0 aromatic rings. The maximum atomic E-state index is 11.3. The van der Waals surface area contributed by atoms with Crippen LogP contribution in [0.3, 0.4) is 0 Å². The summed E-state index contributed by atoms with van der Waals surface area (Å²) in [4.78, 5) is 2.11. The lowest BCUT2D eigenvalue weighted by molar-refractivity contribution is -0.0458. The number of hydrogen-bond acceptors (Lipinski definition) is 5. The van der Waals surface area contributed by atoms with Crippen LogP contribution in [0, 0.1) is 5.92 Å². The van der Waals surface area contributed by atoms with Crippen LogP contribution < -0.4 is 0 Å². The van der Waals surface area contributed by atoms with Crippen LogP contribution in [0.15, 0.2) is 0 Å². The smallest absolute Gasteiger partial charge is 0.152 e. The SMILES string of the molecule is O=S1(=O)CCN(CC2COCCC2O)CC1. The Bertz CT molecular complexity index is 316. The van der Waals surface area contributed by atoms with Crippen LogP contribution in [0.5, 0.6) is 0 Å². The lowest BCUT2D eigenvalue weighted by atomic mass is 9.98. The van der Waals surface area contributed by atoms with E-state index in [9.17, 15) is 13.5 Å². The summed E-state index contributed by atoms with van der Waals surface area (Å²) in [5.74, 6) is 0.627.